The van der Waals surface area contributed by atoms with Gasteiger partial charge in [-0.25, -0.2) is 14.4 Å². The Hall–Kier alpha value is -2.30. The number of rotatable bonds is 3. The van der Waals surface area contributed by atoms with Crippen molar-refractivity contribution >= 4 is 11.7 Å². The SMILES string of the molecule is O=C(Cc1ccc(F)cc1)Nc1ccncn1. The third kappa shape index (κ3) is 3.34. The van der Waals surface area contributed by atoms with Gasteiger partial charge in [0.15, 0.2) is 0 Å². The van der Waals surface area contributed by atoms with Crippen LogP contribution in [-0.2, 0) is 11.2 Å². The van der Waals surface area contributed by atoms with E-state index >= 15 is 0 Å². The van der Waals surface area contributed by atoms with Gasteiger partial charge in [-0.15, -0.1) is 0 Å². The molecule has 1 aromatic carbocycles. The highest BCUT2D eigenvalue weighted by Crippen LogP contribution is 2.05. The summed E-state index contributed by atoms with van der Waals surface area (Å²) in [6.45, 7) is 0. The van der Waals surface area contributed by atoms with Gasteiger partial charge in [-0.1, -0.05) is 12.1 Å². The predicted octanol–water partition coefficient (Wildman–Crippen LogP) is 1.80. The van der Waals surface area contributed by atoms with Gasteiger partial charge in [0.25, 0.3) is 0 Å². The number of amides is 1. The number of halogens is 1. The molecule has 2 rings (SSSR count). The molecule has 0 radical (unpaired) electrons. The Morgan fingerprint density at radius 1 is 1.24 bits per heavy atom. The molecule has 0 saturated heterocycles. The molecule has 0 fully saturated rings. The fourth-order valence-electron chi connectivity index (χ4n) is 1.34. The maximum Gasteiger partial charge on any atom is 0.229 e. The van der Waals surface area contributed by atoms with Crippen molar-refractivity contribution in [3.8, 4) is 0 Å². The number of carbonyl (C=O) groups excluding carboxylic acids is 1. The number of aromatic nitrogens is 2. The molecule has 1 N–H and O–H groups in total. The van der Waals surface area contributed by atoms with E-state index in [-0.39, 0.29) is 18.1 Å². The first kappa shape index (κ1) is 11.2. The van der Waals surface area contributed by atoms with E-state index in [4.69, 9.17) is 0 Å². The van der Waals surface area contributed by atoms with Crippen molar-refractivity contribution < 1.29 is 9.18 Å². The highest BCUT2D eigenvalue weighted by atomic mass is 19.1. The van der Waals surface area contributed by atoms with Crippen molar-refractivity contribution in [3.63, 3.8) is 0 Å². The first-order valence-electron chi connectivity index (χ1n) is 5.04. The first-order chi connectivity index (χ1) is 8.24. The van der Waals surface area contributed by atoms with Crippen LogP contribution < -0.4 is 5.32 Å². The smallest absolute Gasteiger partial charge is 0.229 e. The molecule has 0 unspecified atom stereocenters. The minimum Gasteiger partial charge on any atom is -0.310 e. The molecule has 86 valence electrons. The standard InChI is InChI=1S/C12H10FN3O/c13-10-3-1-9(2-4-10)7-12(17)16-11-5-6-14-8-15-11/h1-6,8H,7H2,(H,14,15,16,17). The normalized spacial score (nSPS) is 9.94. The molecule has 0 aliphatic rings. The lowest BCUT2D eigenvalue weighted by molar-refractivity contribution is -0.115. The van der Waals surface area contributed by atoms with Crippen LogP contribution in [0.1, 0.15) is 5.56 Å². The van der Waals surface area contributed by atoms with Crippen LogP contribution in [0, 0.1) is 5.82 Å². The zero-order valence-electron chi connectivity index (χ0n) is 8.93. The topological polar surface area (TPSA) is 54.9 Å². The summed E-state index contributed by atoms with van der Waals surface area (Å²) in [7, 11) is 0. The van der Waals surface area contributed by atoms with E-state index in [1.165, 1.54) is 18.5 Å². The predicted molar refractivity (Wildman–Crippen MR) is 60.8 cm³/mol. The Morgan fingerprint density at radius 2 is 2.00 bits per heavy atom. The summed E-state index contributed by atoms with van der Waals surface area (Å²) in [5.41, 5.74) is 0.748. The summed E-state index contributed by atoms with van der Waals surface area (Å²) in [5, 5.41) is 2.62. The highest BCUT2D eigenvalue weighted by Gasteiger charge is 2.04. The van der Waals surface area contributed by atoms with Crippen LogP contribution in [0.15, 0.2) is 42.9 Å². The lowest BCUT2D eigenvalue weighted by Crippen LogP contribution is -2.15. The number of anilines is 1. The van der Waals surface area contributed by atoms with Gasteiger partial charge >= 0.3 is 0 Å². The molecule has 0 aliphatic heterocycles. The van der Waals surface area contributed by atoms with Crippen molar-refractivity contribution in [3.05, 3.63) is 54.2 Å². The van der Waals surface area contributed by atoms with E-state index in [0.717, 1.165) is 5.56 Å². The maximum atomic E-state index is 12.7. The number of nitrogens with one attached hydrogen (secondary N) is 1. The van der Waals surface area contributed by atoms with E-state index in [2.05, 4.69) is 15.3 Å². The Labute approximate surface area is 97.5 Å². The molecule has 0 atom stereocenters. The third-order valence-electron chi connectivity index (χ3n) is 2.13. The lowest BCUT2D eigenvalue weighted by Gasteiger charge is -2.03. The number of hydrogen-bond acceptors (Lipinski definition) is 3. The van der Waals surface area contributed by atoms with Gasteiger partial charge in [-0.05, 0) is 23.8 Å². The van der Waals surface area contributed by atoms with Gasteiger partial charge < -0.3 is 5.32 Å². The van der Waals surface area contributed by atoms with E-state index in [9.17, 15) is 9.18 Å². The summed E-state index contributed by atoms with van der Waals surface area (Å²) in [6, 6.07) is 7.41. The molecule has 0 aliphatic carbocycles. The van der Waals surface area contributed by atoms with Crippen molar-refractivity contribution in [2.24, 2.45) is 0 Å². The average Bonchev–Trinajstić information content (AvgIpc) is 2.33. The number of hydrogen-bond donors (Lipinski definition) is 1. The van der Waals surface area contributed by atoms with Crippen LogP contribution in [0.25, 0.3) is 0 Å². The van der Waals surface area contributed by atoms with Crippen LogP contribution in [0.3, 0.4) is 0 Å². The Bertz CT molecular complexity index is 499. The second-order valence-electron chi connectivity index (χ2n) is 3.45. The van der Waals surface area contributed by atoms with Crippen LogP contribution in [0.2, 0.25) is 0 Å². The molecule has 2 aromatic rings. The Balaban J connectivity index is 1.96. The highest BCUT2D eigenvalue weighted by molar-refractivity contribution is 5.91. The van der Waals surface area contributed by atoms with Gasteiger partial charge in [0.05, 0.1) is 6.42 Å². The van der Waals surface area contributed by atoms with Gasteiger partial charge in [0, 0.05) is 6.20 Å². The fourth-order valence-corrected chi connectivity index (χ4v) is 1.34. The molecular weight excluding hydrogens is 221 g/mol. The molecule has 4 nitrogen and oxygen atoms in total. The minimum absolute atomic E-state index is 0.185. The van der Waals surface area contributed by atoms with Gasteiger partial charge in [0.1, 0.15) is 18.0 Å². The summed E-state index contributed by atoms with van der Waals surface area (Å²) >= 11 is 0. The Kier molecular flexibility index (Phi) is 3.40. The summed E-state index contributed by atoms with van der Waals surface area (Å²) in [5.74, 6) is -0.0626. The summed E-state index contributed by atoms with van der Waals surface area (Å²) < 4.78 is 12.7. The number of benzene rings is 1. The van der Waals surface area contributed by atoms with Crippen molar-refractivity contribution in [1.29, 1.82) is 0 Å². The fraction of sp³-hybridized carbons (Fsp3) is 0.0833. The third-order valence-corrected chi connectivity index (χ3v) is 2.13. The van der Waals surface area contributed by atoms with Gasteiger partial charge in [-0.2, -0.15) is 0 Å². The van der Waals surface area contributed by atoms with Crippen LogP contribution in [0.5, 0.6) is 0 Å². The van der Waals surface area contributed by atoms with Gasteiger partial charge in [-0.3, -0.25) is 4.79 Å². The molecule has 1 aromatic heterocycles. The van der Waals surface area contributed by atoms with Crippen LogP contribution in [0.4, 0.5) is 10.2 Å². The first-order valence-corrected chi connectivity index (χ1v) is 5.04. The minimum atomic E-state index is -0.315. The largest absolute Gasteiger partial charge is 0.310 e. The van der Waals surface area contributed by atoms with Gasteiger partial charge in [0.2, 0.25) is 5.91 Å². The van der Waals surface area contributed by atoms with Crippen molar-refractivity contribution in [2.45, 2.75) is 6.42 Å². The van der Waals surface area contributed by atoms with Crippen LogP contribution in [-0.4, -0.2) is 15.9 Å². The average molecular weight is 231 g/mol. The van der Waals surface area contributed by atoms with Crippen molar-refractivity contribution in [1.82, 2.24) is 9.97 Å². The zero-order valence-corrected chi connectivity index (χ0v) is 8.93. The van der Waals surface area contributed by atoms with E-state index in [1.807, 2.05) is 0 Å². The molecule has 1 amide bonds. The van der Waals surface area contributed by atoms with E-state index in [1.54, 1.807) is 24.4 Å². The molecule has 17 heavy (non-hydrogen) atoms. The summed E-state index contributed by atoms with van der Waals surface area (Å²) in [4.78, 5) is 19.2. The molecule has 0 saturated carbocycles. The van der Waals surface area contributed by atoms with E-state index in [0.29, 0.717) is 5.82 Å². The number of nitrogens with zero attached hydrogens (tertiary/aromatic N) is 2. The molecule has 1 heterocycles. The molecular formula is C12H10FN3O. The quantitative estimate of drug-likeness (QED) is 0.876. The lowest BCUT2D eigenvalue weighted by atomic mass is 10.1. The number of carbonyl (C=O) groups is 1. The van der Waals surface area contributed by atoms with Crippen molar-refractivity contribution in [2.75, 3.05) is 5.32 Å². The zero-order chi connectivity index (χ0) is 12.1. The molecule has 5 heteroatoms. The molecule has 0 bridgehead atoms. The monoisotopic (exact) mass is 231 g/mol. The maximum absolute atomic E-state index is 12.7. The van der Waals surface area contributed by atoms with Crippen LogP contribution >= 0.6 is 0 Å². The second-order valence-corrected chi connectivity index (χ2v) is 3.45. The molecule has 0 spiro atoms. The Morgan fingerprint density at radius 3 is 2.65 bits per heavy atom. The van der Waals surface area contributed by atoms with E-state index < -0.39 is 0 Å². The second kappa shape index (κ2) is 5.16. The summed E-state index contributed by atoms with van der Waals surface area (Å²) in [6.07, 6.45) is 3.08.